The highest BCUT2D eigenvalue weighted by Gasteiger charge is 2.28. The first-order valence-electron chi connectivity index (χ1n) is 9.65. The van der Waals surface area contributed by atoms with Crippen LogP contribution >= 0.6 is 0 Å². The van der Waals surface area contributed by atoms with Gasteiger partial charge < -0.3 is 10.2 Å². The lowest BCUT2D eigenvalue weighted by atomic mass is 10.0. The molecule has 0 saturated carbocycles. The van der Waals surface area contributed by atoms with Gasteiger partial charge in [-0.15, -0.1) is 0 Å². The van der Waals surface area contributed by atoms with Gasteiger partial charge >= 0.3 is 0 Å². The molecule has 0 aromatic carbocycles. The summed E-state index contributed by atoms with van der Waals surface area (Å²) in [5.41, 5.74) is 1.81. The molecule has 4 rings (SSSR count). The zero-order chi connectivity index (χ0) is 20.1. The SMILES string of the molecule is O=C(Nc1cnn(C[C@@H]2CCCCN2C(=O)c2ccncc2)c1)c1ccncc1. The van der Waals surface area contributed by atoms with Gasteiger partial charge in [0.15, 0.2) is 0 Å². The summed E-state index contributed by atoms with van der Waals surface area (Å²) in [6, 6.07) is 6.87. The Balaban J connectivity index is 1.43. The summed E-state index contributed by atoms with van der Waals surface area (Å²) in [6.07, 6.45) is 12.9. The van der Waals surface area contributed by atoms with Crippen LogP contribution < -0.4 is 5.32 Å². The van der Waals surface area contributed by atoms with Gasteiger partial charge in [-0.2, -0.15) is 5.10 Å². The quantitative estimate of drug-likeness (QED) is 0.723. The Hall–Kier alpha value is -3.55. The molecule has 3 aromatic rings. The third-order valence-electron chi connectivity index (χ3n) is 5.05. The molecule has 4 heterocycles. The Bertz CT molecular complexity index is 973. The summed E-state index contributed by atoms with van der Waals surface area (Å²) in [6.45, 7) is 1.32. The van der Waals surface area contributed by atoms with Crippen LogP contribution in [0.3, 0.4) is 0 Å². The zero-order valence-electron chi connectivity index (χ0n) is 15.9. The molecule has 8 nitrogen and oxygen atoms in total. The summed E-state index contributed by atoms with van der Waals surface area (Å²) < 4.78 is 1.78. The number of carbonyl (C=O) groups is 2. The minimum Gasteiger partial charge on any atom is -0.334 e. The van der Waals surface area contributed by atoms with Crippen LogP contribution in [0.4, 0.5) is 5.69 Å². The number of pyridine rings is 2. The summed E-state index contributed by atoms with van der Waals surface area (Å²) in [5.74, 6) is -0.186. The highest BCUT2D eigenvalue weighted by Crippen LogP contribution is 2.21. The molecule has 8 heteroatoms. The van der Waals surface area contributed by atoms with Crippen LogP contribution in [0.5, 0.6) is 0 Å². The minimum atomic E-state index is -0.209. The van der Waals surface area contributed by atoms with Crippen molar-refractivity contribution in [3.05, 3.63) is 72.6 Å². The van der Waals surface area contributed by atoms with E-state index in [1.807, 2.05) is 4.90 Å². The second-order valence-electron chi connectivity index (χ2n) is 7.03. The van der Waals surface area contributed by atoms with Crippen molar-refractivity contribution in [3.8, 4) is 0 Å². The van der Waals surface area contributed by atoms with E-state index in [0.29, 0.717) is 23.4 Å². The van der Waals surface area contributed by atoms with E-state index >= 15 is 0 Å². The van der Waals surface area contributed by atoms with Crippen molar-refractivity contribution in [2.45, 2.75) is 31.8 Å². The number of rotatable bonds is 5. The number of hydrogen-bond donors (Lipinski definition) is 1. The van der Waals surface area contributed by atoms with Gasteiger partial charge in [0.1, 0.15) is 0 Å². The van der Waals surface area contributed by atoms with Crippen LogP contribution in [-0.4, -0.2) is 49.0 Å². The van der Waals surface area contributed by atoms with Crippen LogP contribution in [0.1, 0.15) is 40.0 Å². The highest BCUT2D eigenvalue weighted by atomic mass is 16.2. The van der Waals surface area contributed by atoms with Gasteiger partial charge in [-0.05, 0) is 43.5 Å². The predicted molar refractivity (Wildman–Crippen MR) is 107 cm³/mol. The molecular weight excluding hydrogens is 368 g/mol. The number of nitrogens with zero attached hydrogens (tertiary/aromatic N) is 5. The lowest BCUT2D eigenvalue weighted by Crippen LogP contribution is -2.45. The van der Waals surface area contributed by atoms with E-state index in [4.69, 9.17) is 0 Å². The second kappa shape index (κ2) is 8.64. The summed E-state index contributed by atoms with van der Waals surface area (Å²) in [7, 11) is 0. The summed E-state index contributed by atoms with van der Waals surface area (Å²) in [4.78, 5) is 35.0. The third-order valence-corrected chi connectivity index (χ3v) is 5.05. The number of aromatic nitrogens is 4. The molecule has 1 fully saturated rings. The molecule has 2 amide bonds. The third kappa shape index (κ3) is 4.48. The van der Waals surface area contributed by atoms with Crippen molar-refractivity contribution in [1.82, 2.24) is 24.6 Å². The molecule has 0 radical (unpaired) electrons. The smallest absolute Gasteiger partial charge is 0.255 e. The molecule has 29 heavy (non-hydrogen) atoms. The van der Waals surface area contributed by atoms with E-state index in [9.17, 15) is 9.59 Å². The predicted octanol–water partition coefficient (Wildman–Crippen LogP) is 2.62. The molecule has 0 bridgehead atoms. The van der Waals surface area contributed by atoms with Crippen molar-refractivity contribution >= 4 is 17.5 Å². The lowest BCUT2D eigenvalue weighted by molar-refractivity contribution is 0.0583. The number of likely N-dealkylation sites (tertiary alicyclic amines) is 1. The van der Waals surface area contributed by atoms with Crippen molar-refractivity contribution < 1.29 is 9.59 Å². The van der Waals surface area contributed by atoms with Crippen molar-refractivity contribution in [2.24, 2.45) is 0 Å². The van der Waals surface area contributed by atoms with Crippen molar-refractivity contribution in [3.63, 3.8) is 0 Å². The second-order valence-corrected chi connectivity index (χ2v) is 7.03. The number of nitrogens with one attached hydrogen (secondary N) is 1. The van der Waals surface area contributed by atoms with Crippen molar-refractivity contribution in [1.29, 1.82) is 0 Å². The van der Waals surface area contributed by atoms with Gasteiger partial charge in [-0.3, -0.25) is 24.2 Å². The van der Waals surface area contributed by atoms with E-state index < -0.39 is 0 Å². The van der Waals surface area contributed by atoms with Gasteiger partial charge in [0.25, 0.3) is 11.8 Å². The number of amides is 2. The normalized spacial score (nSPS) is 16.4. The molecule has 0 spiro atoms. The highest BCUT2D eigenvalue weighted by molar-refractivity contribution is 6.04. The number of anilines is 1. The van der Waals surface area contributed by atoms with Crippen molar-refractivity contribution in [2.75, 3.05) is 11.9 Å². The lowest BCUT2D eigenvalue weighted by Gasteiger charge is -2.35. The first kappa shape index (κ1) is 18.8. The average Bonchev–Trinajstić information content (AvgIpc) is 3.21. The fourth-order valence-corrected chi connectivity index (χ4v) is 3.57. The molecular formula is C21H22N6O2. The molecule has 1 N–H and O–H groups in total. The Morgan fingerprint density at radius 2 is 1.69 bits per heavy atom. The Morgan fingerprint density at radius 1 is 1.00 bits per heavy atom. The van der Waals surface area contributed by atoms with E-state index in [1.54, 1.807) is 66.1 Å². The van der Waals surface area contributed by atoms with Gasteiger partial charge in [0, 0.05) is 48.7 Å². The first-order chi connectivity index (χ1) is 14.2. The Labute approximate surface area is 168 Å². The maximum Gasteiger partial charge on any atom is 0.255 e. The molecule has 1 saturated heterocycles. The van der Waals surface area contributed by atoms with Crippen LogP contribution in [0.2, 0.25) is 0 Å². The van der Waals surface area contributed by atoms with Crippen LogP contribution in [0.25, 0.3) is 0 Å². The summed E-state index contributed by atoms with van der Waals surface area (Å²) in [5, 5.41) is 7.20. The maximum absolute atomic E-state index is 12.9. The number of piperidine rings is 1. The topological polar surface area (TPSA) is 93.0 Å². The van der Waals surface area contributed by atoms with E-state index in [1.165, 1.54) is 0 Å². The van der Waals surface area contributed by atoms with E-state index in [2.05, 4.69) is 20.4 Å². The molecule has 148 valence electrons. The fourth-order valence-electron chi connectivity index (χ4n) is 3.57. The van der Waals surface area contributed by atoms with E-state index in [0.717, 1.165) is 25.8 Å². The molecule has 0 unspecified atom stereocenters. The van der Waals surface area contributed by atoms with E-state index in [-0.39, 0.29) is 17.9 Å². The van der Waals surface area contributed by atoms with Crippen LogP contribution in [0.15, 0.2) is 61.4 Å². The molecule has 3 aromatic heterocycles. The molecule has 1 aliphatic rings. The largest absolute Gasteiger partial charge is 0.334 e. The minimum absolute atomic E-state index is 0.0236. The molecule has 1 atom stereocenters. The van der Waals surface area contributed by atoms with Gasteiger partial charge in [-0.25, -0.2) is 0 Å². The Morgan fingerprint density at radius 3 is 2.41 bits per heavy atom. The zero-order valence-corrected chi connectivity index (χ0v) is 15.9. The Kier molecular flexibility index (Phi) is 5.60. The number of hydrogen-bond acceptors (Lipinski definition) is 5. The standard InChI is InChI=1S/C21H22N6O2/c28-20(16-4-8-22-9-5-16)25-18-13-24-26(14-18)15-19-3-1-2-12-27(19)21(29)17-6-10-23-11-7-17/h4-11,13-14,19H,1-3,12,15H2,(H,25,28)/t19-/m0/s1. The monoisotopic (exact) mass is 390 g/mol. The maximum atomic E-state index is 12.9. The number of carbonyl (C=O) groups excluding carboxylic acids is 2. The molecule has 1 aliphatic heterocycles. The molecule has 0 aliphatic carbocycles. The summed E-state index contributed by atoms with van der Waals surface area (Å²) >= 11 is 0. The van der Waals surface area contributed by atoms with Crippen LogP contribution in [0, 0.1) is 0 Å². The average molecular weight is 390 g/mol. The first-order valence-corrected chi connectivity index (χ1v) is 9.65. The van der Waals surface area contributed by atoms with Gasteiger partial charge in [-0.1, -0.05) is 0 Å². The van der Waals surface area contributed by atoms with Gasteiger partial charge in [0.05, 0.1) is 24.5 Å². The van der Waals surface area contributed by atoms with Crippen LogP contribution in [-0.2, 0) is 6.54 Å². The van der Waals surface area contributed by atoms with Gasteiger partial charge in [0.2, 0.25) is 0 Å². The fraction of sp³-hybridized carbons (Fsp3) is 0.286.